The van der Waals surface area contributed by atoms with E-state index in [0.717, 1.165) is 25.8 Å². The zero-order valence-corrected chi connectivity index (χ0v) is 13.0. The van der Waals surface area contributed by atoms with Crippen LogP contribution in [0.3, 0.4) is 0 Å². The highest BCUT2D eigenvalue weighted by molar-refractivity contribution is 5.25. The van der Waals surface area contributed by atoms with Crippen molar-refractivity contribution in [1.29, 1.82) is 0 Å². The summed E-state index contributed by atoms with van der Waals surface area (Å²) >= 11 is 0. The normalized spacial score (nSPS) is 17.8. The molecule has 21 heavy (non-hydrogen) atoms. The van der Waals surface area contributed by atoms with Crippen LogP contribution in [0.4, 0.5) is 0 Å². The maximum Gasteiger partial charge on any atom is 0.0451 e. The molecule has 0 N–H and O–H groups in total. The highest BCUT2D eigenvalue weighted by Crippen LogP contribution is 2.23. The van der Waals surface area contributed by atoms with Gasteiger partial charge in [0.2, 0.25) is 0 Å². The van der Waals surface area contributed by atoms with E-state index in [2.05, 4.69) is 60.3 Å². The Labute approximate surface area is 127 Å². The SMILES string of the molecule is CCc1ccc(CN(C)C2CCc3cccnc3C2)cc1. The van der Waals surface area contributed by atoms with Crippen molar-refractivity contribution in [2.45, 2.75) is 45.2 Å². The van der Waals surface area contributed by atoms with Crippen molar-refractivity contribution in [2.75, 3.05) is 7.05 Å². The number of hydrogen-bond donors (Lipinski definition) is 0. The van der Waals surface area contributed by atoms with E-state index >= 15 is 0 Å². The quantitative estimate of drug-likeness (QED) is 0.850. The zero-order chi connectivity index (χ0) is 14.7. The summed E-state index contributed by atoms with van der Waals surface area (Å²) in [6.07, 6.45) is 6.51. The van der Waals surface area contributed by atoms with Crippen molar-refractivity contribution >= 4 is 0 Å². The number of aromatic nitrogens is 1. The van der Waals surface area contributed by atoms with Gasteiger partial charge in [-0.25, -0.2) is 0 Å². The fraction of sp³-hybridized carbons (Fsp3) is 0.421. The summed E-state index contributed by atoms with van der Waals surface area (Å²) in [6.45, 7) is 3.23. The number of nitrogens with zero attached hydrogens (tertiary/aromatic N) is 2. The van der Waals surface area contributed by atoms with E-state index in [4.69, 9.17) is 0 Å². The maximum atomic E-state index is 4.55. The minimum absolute atomic E-state index is 0.609. The zero-order valence-electron chi connectivity index (χ0n) is 13.0. The fourth-order valence-electron chi connectivity index (χ4n) is 3.20. The van der Waals surface area contributed by atoms with E-state index in [1.54, 1.807) is 0 Å². The number of aryl methyl sites for hydroxylation is 2. The van der Waals surface area contributed by atoms with Gasteiger partial charge in [-0.15, -0.1) is 0 Å². The third-order valence-corrected chi connectivity index (χ3v) is 4.65. The molecular formula is C19H24N2. The average Bonchev–Trinajstić information content (AvgIpc) is 2.55. The molecular weight excluding hydrogens is 256 g/mol. The van der Waals surface area contributed by atoms with Gasteiger partial charge >= 0.3 is 0 Å². The molecule has 1 unspecified atom stereocenters. The third kappa shape index (κ3) is 3.33. The number of fused-ring (bicyclic) bond motifs is 1. The van der Waals surface area contributed by atoms with Gasteiger partial charge in [0.1, 0.15) is 0 Å². The van der Waals surface area contributed by atoms with E-state index in [0.29, 0.717) is 6.04 Å². The van der Waals surface area contributed by atoms with Crippen molar-refractivity contribution in [2.24, 2.45) is 0 Å². The molecule has 1 aromatic carbocycles. The molecule has 0 spiro atoms. The summed E-state index contributed by atoms with van der Waals surface area (Å²) in [4.78, 5) is 7.04. The number of benzene rings is 1. The van der Waals surface area contributed by atoms with E-state index in [1.807, 2.05) is 6.20 Å². The van der Waals surface area contributed by atoms with Gasteiger partial charge in [0.15, 0.2) is 0 Å². The molecule has 1 aliphatic rings. The Balaban J connectivity index is 1.64. The average molecular weight is 280 g/mol. The summed E-state index contributed by atoms with van der Waals surface area (Å²) in [6, 6.07) is 13.9. The second-order valence-corrected chi connectivity index (χ2v) is 6.09. The van der Waals surface area contributed by atoms with E-state index < -0.39 is 0 Å². The summed E-state index contributed by atoms with van der Waals surface area (Å²) < 4.78 is 0. The smallest absolute Gasteiger partial charge is 0.0451 e. The molecule has 2 heteroatoms. The van der Waals surface area contributed by atoms with Crippen molar-refractivity contribution < 1.29 is 0 Å². The lowest BCUT2D eigenvalue weighted by Gasteiger charge is -2.32. The molecule has 2 nitrogen and oxygen atoms in total. The molecule has 0 amide bonds. The first-order valence-corrected chi connectivity index (χ1v) is 7.97. The summed E-state index contributed by atoms with van der Waals surface area (Å²) in [5.74, 6) is 0. The first-order valence-electron chi connectivity index (χ1n) is 7.97. The molecule has 0 radical (unpaired) electrons. The third-order valence-electron chi connectivity index (χ3n) is 4.65. The summed E-state index contributed by atoms with van der Waals surface area (Å²) in [5, 5.41) is 0. The number of pyridine rings is 1. The van der Waals surface area contributed by atoms with Crippen molar-refractivity contribution in [3.05, 3.63) is 65.0 Å². The second kappa shape index (κ2) is 6.40. The predicted molar refractivity (Wildman–Crippen MR) is 87.3 cm³/mol. The van der Waals surface area contributed by atoms with Crippen LogP contribution in [0.5, 0.6) is 0 Å². The highest BCUT2D eigenvalue weighted by atomic mass is 15.1. The van der Waals surface area contributed by atoms with Gasteiger partial charge < -0.3 is 0 Å². The predicted octanol–water partition coefficient (Wildman–Crippen LogP) is 3.63. The molecule has 1 atom stereocenters. The first-order chi connectivity index (χ1) is 10.3. The van der Waals surface area contributed by atoms with Crippen molar-refractivity contribution in [3.8, 4) is 0 Å². The van der Waals surface area contributed by atoms with E-state index in [9.17, 15) is 0 Å². The Morgan fingerprint density at radius 3 is 2.67 bits per heavy atom. The summed E-state index contributed by atoms with van der Waals surface area (Å²) in [5.41, 5.74) is 5.55. The van der Waals surface area contributed by atoms with Gasteiger partial charge in [0, 0.05) is 30.9 Å². The number of likely N-dealkylation sites (N-methyl/N-ethyl adjacent to an activating group) is 1. The van der Waals surface area contributed by atoms with Crippen molar-refractivity contribution in [1.82, 2.24) is 9.88 Å². The van der Waals surface area contributed by atoms with Crippen LogP contribution < -0.4 is 0 Å². The lowest BCUT2D eigenvalue weighted by molar-refractivity contribution is 0.212. The molecule has 2 aromatic rings. The molecule has 0 saturated carbocycles. The van der Waals surface area contributed by atoms with Crippen LogP contribution in [0.1, 0.15) is 35.7 Å². The Morgan fingerprint density at radius 1 is 1.14 bits per heavy atom. The molecule has 0 fully saturated rings. The van der Waals surface area contributed by atoms with Crippen molar-refractivity contribution in [3.63, 3.8) is 0 Å². The second-order valence-electron chi connectivity index (χ2n) is 6.09. The van der Waals surface area contributed by atoms with Crippen LogP contribution >= 0.6 is 0 Å². The minimum atomic E-state index is 0.609. The molecule has 1 aromatic heterocycles. The topological polar surface area (TPSA) is 16.1 Å². The van der Waals surface area contributed by atoms with Gasteiger partial charge in [0.25, 0.3) is 0 Å². The highest BCUT2D eigenvalue weighted by Gasteiger charge is 2.22. The van der Waals surface area contributed by atoms with Crippen LogP contribution in [0.15, 0.2) is 42.6 Å². The Kier molecular flexibility index (Phi) is 4.35. The standard InChI is InChI=1S/C19H24N2/c1-3-15-6-8-16(9-7-15)14-21(2)18-11-10-17-5-4-12-20-19(17)13-18/h4-9,12,18H,3,10-11,13-14H2,1-2H3. The van der Waals surface area contributed by atoms with E-state index in [1.165, 1.54) is 28.8 Å². The molecule has 0 saturated heterocycles. The Hall–Kier alpha value is -1.67. The first kappa shape index (κ1) is 14.3. The largest absolute Gasteiger partial charge is 0.299 e. The Bertz CT molecular complexity index is 589. The monoisotopic (exact) mass is 280 g/mol. The lowest BCUT2D eigenvalue weighted by atomic mass is 9.91. The van der Waals surface area contributed by atoms with E-state index in [-0.39, 0.29) is 0 Å². The van der Waals surface area contributed by atoms with Gasteiger partial charge in [-0.3, -0.25) is 9.88 Å². The Morgan fingerprint density at radius 2 is 1.90 bits per heavy atom. The maximum absolute atomic E-state index is 4.55. The summed E-state index contributed by atoms with van der Waals surface area (Å²) in [7, 11) is 2.24. The molecule has 0 bridgehead atoms. The van der Waals surface area contributed by atoms with Gasteiger partial charge in [-0.2, -0.15) is 0 Å². The van der Waals surface area contributed by atoms with Crippen LogP contribution in [-0.2, 0) is 25.8 Å². The van der Waals surface area contributed by atoms with Gasteiger partial charge in [0.05, 0.1) is 0 Å². The van der Waals surface area contributed by atoms with Gasteiger partial charge in [-0.1, -0.05) is 37.3 Å². The van der Waals surface area contributed by atoms with Crippen LogP contribution in [-0.4, -0.2) is 23.0 Å². The molecule has 1 heterocycles. The van der Waals surface area contributed by atoms with Crippen LogP contribution in [0.25, 0.3) is 0 Å². The number of hydrogen-bond acceptors (Lipinski definition) is 2. The van der Waals surface area contributed by atoms with Gasteiger partial charge in [-0.05, 0) is 49.1 Å². The molecule has 110 valence electrons. The number of rotatable bonds is 4. The fourth-order valence-corrected chi connectivity index (χ4v) is 3.20. The van der Waals surface area contributed by atoms with Crippen LogP contribution in [0, 0.1) is 0 Å². The molecule has 0 aliphatic heterocycles. The molecule has 1 aliphatic carbocycles. The molecule has 3 rings (SSSR count). The lowest BCUT2D eigenvalue weighted by Crippen LogP contribution is -2.36. The minimum Gasteiger partial charge on any atom is -0.299 e. The van der Waals surface area contributed by atoms with Crippen LogP contribution in [0.2, 0.25) is 0 Å².